The van der Waals surface area contributed by atoms with E-state index in [9.17, 15) is 9.90 Å². The third-order valence-corrected chi connectivity index (χ3v) is 2.42. The average molecular weight is 282 g/mol. The Kier molecular flexibility index (Phi) is 5.82. The molecular weight excluding hydrogens is 260 g/mol. The molecule has 0 aromatic heterocycles. The molecule has 0 saturated heterocycles. The molecule has 0 saturated carbocycles. The molecule has 1 aromatic carbocycles. The molecule has 0 aliphatic heterocycles. The Hall–Kier alpha value is -1.75. The van der Waals surface area contributed by atoms with Crippen LogP contribution in [0.1, 0.15) is 32.8 Å². The van der Waals surface area contributed by atoms with E-state index < -0.39 is 5.60 Å². The molecule has 0 amide bonds. The van der Waals surface area contributed by atoms with Crippen molar-refractivity contribution in [3.8, 4) is 11.5 Å². The van der Waals surface area contributed by atoms with Crippen molar-refractivity contribution < 1.29 is 24.1 Å². The molecule has 112 valence electrons. The van der Waals surface area contributed by atoms with Gasteiger partial charge < -0.3 is 19.3 Å². The average Bonchev–Trinajstić information content (AvgIpc) is 2.33. The Morgan fingerprint density at radius 2 is 2.00 bits per heavy atom. The topological polar surface area (TPSA) is 65.0 Å². The maximum Gasteiger partial charge on any atom is 0.306 e. The van der Waals surface area contributed by atoms with Gasteiger partial charge in [0.05, 0.1) is 0 Å². The molecule has 1 N–H and O–H groups in total. The van der Waals surface area contributed by atoms with Crippen LogP contribution in [0.2, 0.25) is 0 Å². The highest BCUT2D eigenvalue weighted by Gasteiger charge is 2.16. The first kappa shape index (κ1) is 16.3. The minimum atomic E-state index is -0.489. The van der Waals surface area contributed by atoms with Crippen molar-refractivity contribution in [2.24, 2.45) is 0 Å². The van der Waals surface area contributed by atoms with E-state index in [1.165, 1.54) is 13.2 Å². The third-order valence-electron chi connectivity index (χ3n) is 2.42. The molecule has 0 heterocycles. The Morgan fingerprint density at radius 3 is 2.55 bits per heavy atom. The van der Waals surface area contributed by atoms with Crippen molar-refractivity contribution >= 4 is 5.97 Å². The zero-order valence-electron chi connectivity index (χ0n) is 12.4. The summed E-state index contributed by atoms with van der Waals surface area (Å²) in [5, 5.41) is 9.86. The van der Waals surface area contributed by atoms with Gasteiger partial charge in [-0.1, -0.05) is 6.07 Å². The maximum absolute atomic E-state index is 11.6. The van der Waals surface area contributed by atoms with Gasteiger partial charge in [0.2, 0.25) is 0 Å². The fraction of sp³-hybridized carbons (Fsp3) is 0.533. The van der Waals surface area contributed by atoms with E-state index in [2.05, 4.69) is 0 Å². The van der Waals surface area contributed by atoms with Gasteiger partial charge in [0.1, 0.15) is 17.1 Å². The second kappa shape index (κ2) is 7.14. The molecule has 0 radical (unpaired) electrons. The summed E-state index contributed by atoms with van der Waals surface area (Å²) in [6, 6.07) is 4.96. The van der Waals surface area contributed by atoms with Crippen molar-refractivity contribution in [1.82, 2.24) is 0 Å². The Labute approximate surface area is 119 Å². The van der Waals surface area contributed by atoms with Gasteiger partial charge in [-0.3, -0.25) is 4.79 Å². The molecule has 0 spiro atoms. The number of rotatable bonds is 6. The van der Waals surface area contributed by atoms with Gasteiger partial charge >= 0.3 is 5.97 Å². The lowest BCUT2D eigenvalue weighted by molar-refractivity contribution is -0.154. The second-order valence-corrected chi connectivity index (χ2v) is 5.43. The fourth-order valence-electron chi connectivity index (χ4n) is 1.60. The molecule has 20 heavy (non-hydrogen) atoms. The number of aromatic hydroxyl groups is 1. The minimum Gasteiger partial charge on any atom is -0.508 e. The summed E-state index contributed by atoms with van der Waals surface area (Å²) < 4.78 is 15.2. The number of hydrogen-bond acceptors (Lipinski definition) is 5. The van der Waals surface area contributed by atoms with Crippen LogP contribution in [0, 0.1) is 0 Å². The number of hydrogen-bond donors (Lipinski definition) is 1. The van der Waals surface area contributed by atoms with E-state index in [1.807, 2.05) is 20.8 Å². The Balaban J connectivity index is 2.54. The van der Waals surface area contributed by atoms with Gasteiger partial charge in [0, 0.05) is 19.6 Å². The standard InChI is InChI=1S/C15H22O5/c1-15(2,3)20-14(17)8-6-11-5-7-12(9-13(11)16)19-10-18-4/h5,7,9,16H,6,8,10H2,1-4H3. The molecule has 5 heteroatoms. The van der Waals surface area contributed by atoms with Crippen molar-refractivity contribution in [2.75, 3.05) is 13.9 Å². The zero-order chi connectivity index (χ0) is 15.2. The first-order valence-corrected chi connectivity index (χ1v) is 6.47. The quantitative estimate of drug-likeness (QED) is 0.642. The van der Waals surface area contributed by atoms with E-state index in [-0.39, 0.29) is 24.9 Å². The Bertz CT molecular complexity index is 448. The predicted octanol–water partition coefficient (Wildman–Crippen LogP) is 2.65. The highest BCUT2D eigenvalue weighted by atomic mass is 16.7. The summed E-state index contributed by atoms with van der Waals surface area (Å²) in [4.78, 5) is 11.6. The van der Waals surface area contributed by atoms with Crippen LogP contribution in [0.5, 0.6) is 11.5 Å². The first-order valence-electron chi connectivity index (χ1n) is 6.47. The summed E-state index contributed by atoms with van der Waals surface area (Å²) in [5.41, 5.74) is 0.192. The molecule has 0 atom stereocenters. The highest BCUT2D eigenvalue weighted by Crippen LogP contribution is 2.25. The van der Waals surface area contributed by atoms with Gasteiger partial charge in [0.15, 0.2) is 6.79 Å². The van der Waals surface area contributed by atoms with Gasteiger partial charge in [-0.15, -0.1) is 0 Å². The molecule has 1 aromatic rings. The van der Waals surface area contributed by atoms with E-state index in [1.54, 1.807) is 12.1 Å². The van der Waals surface area contributed by atoms with Gasteiger partial charge in [-0.05, 0) is 38.8 Å². The summed E-state index contributed by atoms with van der Waals surface area (Å²) >= 11 is 0. The largest absolute Gasteiger partial charge is 0.508 e. The number of carbonyl (C=O) groups is 1. The second-order valence-electron chi connectivity index (χ2n) is 5.43. The monoisotopic (exact) mass is 282 g/mol. The van der Waals surface area contributed by atoms with Crippen LogP contribution in [0.3, 0.4) is 0 Å². The molecule has 0 aliphatic rings. The number of methoxy groups -OCH3 is 1. The van der Waals surface area contributed by atoms with E-state index in [0.29, 0.717) is 17.7 Å². The number of phenols is 1. The highest BCUT2D eigenvalue weighted by molar-refractivity contribution is 5.70. The van der Waals surface area contributed by atoms with Crippen molar-refractivity contribution in [1.29, 1.82) is 0 Å². The normalized spacial score (nSPS) is 11.2. The number of benzene rings is 1. The molecule has 5 nitrogen and oxygen atoms in total. The van der Waals surface area contributed by atoms with Crippen LogP contribution in [0.25, 0.3) is 0 Å². The third kappa shape index (κ3) is 5.93. The lowest BCUT2D eigenvalue weighted by Gasteiger charge is -2.19. The zero-order valence-corrected chi connectivity index (χ0v) is 12.4. The SMILES string of the molecule is COCOc1ccc(CCC(=O)OC(C)(C)C)c(O)c1. The van der Waals surface area contributed by atoms with Gasteiger partial charge in [0.25, 0.3) is 0 Å². The summed E-state index contributed by atoms with van der Waals surface area (Å²) in [6.07, 6.45) is 0.647. The van der Waals surface area contributed by atoms with Crippen molar-refractivity contribution in [3.63, 3.8) is 0 Å². The predicted molar refractivity (Wildman–Crippen MR) is 74.8 cm³/mol. The lowest BCUT2D eigenvalue weighted by atomic mass is 10.1. The maximum atomic E-state index is 11.6. The molecule has 1 rings (SSSR count). The number of carbonyl (C=O) groups excluding carboxylic acids is 1. The number of ether oxygens (including phenoxy) is 3. The summed E-state index contributed by atoms with van der Waals surface area (Å²) in [7, 11) is 1.52. The van der Waals surface area contributed by atoms with Crippen LogP contribution in [0.15, 0.2) is 18.2 Å². The molecule has 0 unspecified atom stereocenters. The summed E-state index contributed by atoms with van der Waals surface area (Å²) in [6.45, 7) is 5.59. The van der Waals surface area contributed by atoms with Crippen LogP contribution < -0.4 is 4.74 Å². The van der Waals surface area contributed by atoms with Crippen LogP contribution in [-0.4, -0.2) is 30.6 Å². The minimum absolute atomic E-state index is 0.0992. The van der Waals surface area contributed by atoms with Gasteiger partial charge in [-0.25, -0.2) is 0 Å². The summed E-state index contributed by atoms with van der Waals surface area (Å²) in [5.74, 6) is 0.337. The first-order chi connectivity index (χ1) is 9.31. The van der Waals surface area contributed by atoms with E-state index >= 15 is 0 Å². The van der Waals surface area contributed by atoms with Crippen molar-refractivity contribution in [2.45, 2.75) is 39.2 Å². The molecule has 0 fully saturated rings. The van der Waals surface area contributed by atoms with Crippen LogP contribution in [-0.2, 0) is 20.7 Å². The lowest BCUT2D eigenvalue weighted by Crippen LogP contribution is -2.24. The molecule has 0 bridgehead atoms. The van der Waals surface area contributed by atoms with E-state index in [4.69, 9.17) is 14.2 Å². The van der Waals surface area contributed by atoms with Crippen molar-refractivity contribution in [3.05, 3.63) is 23.8 Å². The molecular formula is C15H22O5. The molecule has 0 aliphatic carbocycles. The number of aryl methyl sites for hydroxylation is 1. The van der Waals surface area contributed by atoms with Crippen LogP contribution >= 0.6 is 0 Å². The van der Waals surface area contributed by atoms with Crippen LogP contribution in [0.4, 0.5) is 0 Å². The van der Waals surface area contributed by atoms with E-state index in [0.717, 1.165) is 0 Å². The van der Waals surface area contributed by atoms with Gasteiger partial charge in [-0.2, -0.15) is 0 Å². The smallest absolute Gasteiger partial charge is 0.306 e. The number of esters is 1. The Morgan fingerprint density at radius 1 is 1.30 bits per heavy atom. The number of phenolic OH excluding ortho intramolecular Hbond substituents is 1. The fourth-order valence-corrected chi connectivity index (χ4v) is 1.60.